The van der Waals surface area contributed by atoms with Crippen molar-refractivity contribution in [3.05, 3.63) is 47.3 Å². The van der Waals surface area contributed by atoms with E-state index in [0.29, 0.717) is 12.0 Å². The van der Waals surface area contributed by atoms with Crippen LogP contribution in [0.15, 0.2) is 36.0 Å². The predicted molar refractivity (Wildman–Crippen MR) is 101 cm³/mol. The van der Waals surface area contributed by atoms with E-state index in [1.165, 1.54) is 25.0 Å². The number of aliphatic hydroxyl groups is 1. The van der Waals surface area contributed by atoms with Crippen LogP contribution in [-0.2, 0) is 20.7 Å². The molecule has 6 nitrogen and oxygen atoms in total. The molecule has 2 aliphatic heterocycles. The van der Waals surface area contributed by atoms with Crippen LogP contribution in [0.5, 0.6) is 0 Å². The van der Waals surface area contributed by atoms with Crippen molar-refractivity contribution >= 4 is 22.7 Å². The second-order valence-corrected chi connectivity index (χ2v) is 7.36. The van der Waals surface area contributed by atoms with Crippen LogP contribution in [0.2, 0.25) is 0 Å². The quantitative estimate of drug-likeness (QED) is 0.810. The summed E-state index contributed by atoms with van der Waals surface area (Å²) in [7, 11) is 1.31. The number of nitrogens with zero attached hydrogens (tertiary/aromatic N) is 1. The van der Waals surface area contributed by atoms with E-state index in [1.54, 1.807) is 0 Å². The van der Waals surface area contributed by atoms with Gasteiger partial charge in [0, 0.05) is 40.8 Å². The number of aromatic amines is 1. The van der Waals surface area contributed by atoms with Crippen molar-refractivity contribution in [2.45, 2.75) is 25.8 Å². The molecule has 1 unspecified atom stereocenters. The second-order valence-electron chi connectivity index (χ2n) is 7.36. The molecule has 1 aromatic heterocycles. The number of ketones is 1. The van der Waals surface area contributed by atoms with E-state index in [1.807, 2.05) is 18.3 Å². The minimum Gasteiger partial charge on any atom is -0.469 e. The van der Waals surface area contributed by atoms with Crippen molar-refractivity contribution in [2.75, 3.05) is 20.3 Å². The maximum atomic E-state index is 12.3. The number of Topliss-reactive ketones (excluding diaryl/α,β-unsaturated/α-hetero) is 1. The lowest BCUT2D eigenvalue weighted by Crippen LogP contribution is -2.42. The van der Waals surface area contributed by atoms with Crippen molar-refractivity contribution in [2.24, 2.45) is 11.8 Å². The first-order valence-electron chi connectivity index (χ1n) is 9.31. The molecular weight excluding hydrogens is 344 g/mol. The third kappa shape index (κ3) is 2.84. The normalized spacial score (nSPS) is 22.6. The highest BCUT2D eigenvalue weighted by Crippen LogP contribution is 2.44. The van der Waals surface area contributed by atoms with Crippen LogP contribution in [0.1, 0.15) is 30.6 Å². The monoisotopic (exact) mass is 368 g/mol. The summed E-state index contributed by atoms with van der Waals surface area (Å²) in [5, 5.41) is 11.1. The molecule has 3 atom stereocenters. The fourth-order valence-electron chi connectivity index (χ4n) is 4.64. The number of allylic oxidation sites excluding steroid dienone is 1. The summed E-state index contributed by atoms with van der Waals surface area (Å²) < 4.78 is 4.88. The topological polar surface area (TPSA) is 82.6 Å². The lowest BCUT2D eigenvalue weighted by Gasteiger charge is -2.43. The van der Waals surface area contributed by atoms with Crippen LogP contribution in [0.4, 0.5) is 0 Å². The summed E-state index contributed by atoms with van der Waals surface area (Å²) in [6.45, 7) is 2.00. The summed E-state index contributed by atoms with van der Waals surface area (Å²) in [6.07, 6.45) is 3.38. The SMILES string of the molecule is COC(=O)C(CO)[C@H]1C[C@@H]2c3[nH]c4ccccc4c3CCN2C=C1C(C)=O. The number of esters is 1. The maximum Gasteiger partial charge on any atom is 0.311 e. The van der Waals surface area contributed by atoms with Gasteiger partial charge in [-0.15, -0.1) is 0 Å². The summed E-state index contributed by atoms with van der Waals surface area (Å²) in [4.78, 5) is 30.2. The van der Waals surface area contributed by atoms with Crippen molar-refractivity contribution in [1.29, 1.82) is 0 Å². The number of nitrogens with one attached hydrogen (secondary N) is 1. The number of aromatic nitrogens is 1. The highest BCUT2D eigenvalue weighted by atomic mass is 16.5. The molecule has 4 rings (SSSR count). The molecule has 0 amide bonds. The Morgan fingerprint density at radius 1 is 1.37 bits per heavy atom. The average molecular weight is 368 g/mol. The molecule has 6 heteroatoms. The van der Waals surface area contributed by atoms with Crippen molar-refractivity contribution in [3.63, 3.8) is 0 Å². The number of methoxy groups -OCH3 is 1. The predicted octanol–water partition coefficient (Wildman–Crippen LogP) is 2.34. The Bertz CT molecular complexity index is 929. The van der Waals surface area contributed by atoms with Crippen LogP contribution in [0.25, 0.3) is 10.9 Å². The van der Waals surface area contributed by atoms with Crippen molar-refractivity contribution in [3.8, 4) is 0 Å². The van der Waals surface area contributed by atoms with Crippen LogP contribution >= 0.6 is 0 Å². The summed E-state index contributed by atoms with van der Waals surface area (Å²) >= 11 is 0. The minimum absolute atomic E-state index is 0.0490. The first kappa shape index (κ1) is 17.8. The Balaban J connectivity index is 1.78. The number of carbonyl (C=O) groups is 2. The molecule has 2 aromatic rings. The van der Waals surface area contributed by atoms with Gasteiger partial charge in [-0.05, 0) is 31.4 Å². The first-order valence-corrected chi connectivity index (χ1v) is 9.31. The summed E-state index contributed by atoms with van der Waals surface area (Å²) in [6, 6.07) is 8.30. The van der Waals surface area contributed by atoms with Gasteiger partial charge in [-0.3, -0.25) is 9.59 Å². The van der Waals surface area contributed by atoms with Gasteiger partial charge in [0.25, 0.3) is 0 Å². The molecule has 0 bridgehead atoms. The second kappa shape index (κ2) is 6.85. The number of carbonyl (C=O) groups excluding carboxylic acids is 2. The Hall–Kier alpha value is -2.60. The van der Waals surface area contributed by atoms with Crippen molar-refractivity contribution in [1.82, 2.24) is 9.88 Å². The minimum atomic E-state index is -0.734. The summed E-state index contributed by atoms with van der Waals surface area (Å²) in [5.74, 6) is -1.64. The maximum absolute atomic E-state index is 12.3. The van der Waals surface area contributed by atoms with Gasteiger partial charge in [0.15, 0.2) is 5.78 Å². The largest absolute Gasteiger partial charge is 0.469 e. The zero-order valence-corrected chi connectivity index (χ0v) is 15.6. The first-order chi connectivity index (χ1) is 13.0. The van der Waals surface area contributed by atoms with Crippen molar-refractivity contribution < 1.29 is 19.4 Å². The fourth-order valence-corrected chi connectivity index (χ4v) is 4.64. The van der Waals surface area contributed by atoms with E-state index in [0.717, 1.165) is 24.2 Å². The number of hydrogen-bond donors (Lipinski definition) is 2. The average Bonchev–Trinajstić information content (AvgIpc) is 3.06. The van der Waals surface area contributed by atoms with E-state index in [4.69, 9.17) is 4.74 Å². The number of benzene rings is 1. The molecule has 0 radical (unpaired) electrons. The van der Waals surface area contributed by atoms with Gasteiger partial charge in [0.2, 0.25) is 0 Å². The molecule has 1 aromatic carbocycles. The standard InChI is InChI=1S/C21H24N2O4/c1-12(25)16-10-23-8-7-14-13-5-3-4-6-18(13)22-20(14)19(23)9-15(16)17(11-24)21(26)27-2/h3-6,10,15,17,19,22,24H,7-9,11H2,1-2H3/t15-,17?,19+/m0/s1. The Morgan fingerprint density at radius 3 is 2.85 bits per heavy atom. The van der Waals surface area contributed by atoms with E-state index >= 15 is 0 Å². The number of H-pyrrole nitrogens is 1. The third-order valence-corrected chi connectivity index (χ3v) is 5.97. The van der Waals surface area contributed by atoms with Gasteiger partial charge in [0.05, 0.1) is 25.7 Å². The lowest BCUT2D eigenvalue weighted by molar-refractivity contribution is -0.149. The highest BCUT2D eigenvalue weighted by molar-refractivity contribution is 5.95. The molecule has 2 N–H and O–H groups in total. The summed E-state index contributed by atoms with van der Waals surface area (Å²) in [5.41, 5.74) is 4.15. The van der Waals surface area contributed by atoms with E-state index in [-0.39, 0.29) is 24.3 Å². The highest BCUT2D eigenvalue weighted by Gasteiger charge is 2.42. The van der Waals surface area contributed by atoms with Gasteiger partial charge in [-0.2, -0.15) is 0 Å². The zero-order valence-electron chi connectivity index (χ0n) is 15.6. The number of ether oxygens (including phenoxy) is 1. The Morgan fingerprint density at radius 2 is 2.15 bits per heavy atom. The van der Waals surface area contributed by atoms with Crippen LogP contribution < -0.4 is 0 Å². The molecule has 0 saturated heterocycles. The molecule has 2 aliphatic rings. The van der Waals surface area contributed by atoms with Gasteiger partial charge in [-0.1, -0.05) is 18.2 Å². The Labute approximate surface area is 157 Å². The molecular formula is C21H24N2O4. The van der Waals surface area contributed by atoms with Crippen LogP contribution in [-0.4, -0.2) is 47.0 Å². The smallest absolute Gasteiger partial charge is 0.311 e. The number of aliphatic hydroxyl groups excluding tert-OH is 1. The fraction of sp³-hybridized carbons (Fsp3) is 0.429. The molecule has 0 fully saturated rings. The zero-order chi connectivity index (χ0) is 19.1. The molecule has 142 valence electrons. The Kier molecular flexibility index (Phi) is 4.52. The molecule has 0 aliphatic carbocycles. The van der Waals surface area contributed by atoms with Crippen LogP contribution in [0.3, 0.4) is 0 Å². The van der Waals surface area contributed by atoms with Gasteiger partial charge in [-0.25, -0.2) is 0 Å². The van der Waals surface area contributed by atoms with Gasteiger partial charge < -0.3 is 19.7 Å². The lowest BCUT2D eigenvalue weighted by atomic mass is 9.76. The van der Waals surface area contributed by atoms with Gasteiger partial charge >= 0.3 is 5.97 Å². The molecule has 0 spiro atoms. The molecule has 0 saturated carbocycles. The number of para-hydroxylation sites is 1. The molecule has 3 heterocycles. The number of fused-ring (bicyclic) bond motifs is 5. The molecule has 27 heavy (non-hydrogen) atoms. The van der Waals surface area contributed by atoms with E-state index in [2.05, 4.69) is 22.0 Å². The van der Waals surface area contributed by atoms with Gasteiger partial charge in [0.1, 0.15) is 0 Å². The third-order valence-electron chi connectivity index (χ3n) is 5.97. The van der Waals surface area contributed by atoms with E-state index in [9.17, 15) is 14.7 Å². The van der Waals surface area contributed by atoms with E-state index < -0.39 is 11.9 Å². The van der Waals surface area contributed by atoms with Crippen LogP contribution in [0, 0.1) is 11.8 Å². The number of hydrogen-bond acceptors (Lipinski definition) is 5. The number of rotatable bonds is 4.